The number of benzene rings is 3. The van der Waals surface area contributed by atoms with E-state index in [1.54, 1.807) is 48.5 Å². The molecule has 3 aromatic rings. The van der Waals surface area contributed by atoms with E-state index in [0.717, 1.165) is 0 Å². The van der Waals surface area contributed by atoms with Crippen molar-refractivity contribution in [3.63, 3.8) is 0 Å². The summed E-state index contributed by atoms with van der Waals surface area (Å²) in [7, 11) is 0. The molecule has 0 radical (unpaired) electrons. The van der Waals surface area contributed by atoms with Crippen LogP contribution < -0.4 is 16.4 Å². The summed E-state index contributed by atoms with van der Waals surface area (Å²) in [4.78, 5) is 24.3. The number of carbonyl (C=O) groups excluding carboxylic acids is 1. The Bertz CT molecular complexity index is 1200. The summed E-state index contributed by atoms with van der Waals surface area (Å²) in [5.41, 5.74) is 6.53. The van der Waals surface area contributed by atoms with Gasteiger partial charge in [-0.1, -0.05) is 53.0 Å². The third kappa shape index (κ3) is 3.67. The average Bonchev–Trinajstić information content (AvgIpc) is 3.06. The van der Waals surface area contributed by atoms with Gasteiger partial charge < -0.3 is 21.5 Å². The number of carbonyl (C=O) groups is 2. The first-order chi connectivity index (χ1) is 14.7. The lowest BCUT2D eigenvalue weighted by molar-refractivity contribution is -0.120. The molecule has 1 aliphatic rings. The maximum Gasteiger partial charge on any atom is 0.335 e. The van der Waals surface area contributed by atoms with Crippen molar-refractivity contribution in [1.82, 2.24) is 0 Å². The quantitative estimate of drug-likeness (QED) is 0.400. The van der Waals surface area contributed by atoms with Gasteiger partial charge in [0, 0.05) is 20.6 Å². The molecule has 2 atom stereocenters. The number of nitrogens with one attached hydrogen (secondary N) is 2. The van der Waals surface area contributed by atoms with Crippen molar-refractivity contribution < 1.29 is 14.7 Å². The van der Waals surface area contributed by atoms with E-state index < -0.39 is 23.5 Å². The summed E-state index contributed by atoms with van der Waals surface area (Å²) in [6, 6.07) is 16.3. The van der Waals surface area contributed by atoms with Crippen molar-refractivity contribution in [1.29, 1.82) is 0 Å². The zero-order valence-corrected chi connectivity index (χ0v) is 18.1. The summed E-state index contributed by atoms with van der Waals surface area (Å²) in [5, 5.41) is 16.9. The zero-order chi connectivity index (χ0) is 22.3. The smallest absolute Gasteiger partial charge is 0.335 e. The summed E-state index contributed by atoms with van der Waals surface area (Å²) < 4.78 is 0. The van der Waals surface area contributed by atoms with Crippen LogP contribution in [0.4, 0.5) is 11.4 Å². The van der Waals surface area contributed by atoms with E-state index in [1.165, 1.54) is 12.1 Å². The molecule has 1 heterocycles. The number of fused-ring (bicyclic) bond motifs is 1. The monoisotopic (exact) mass is 475 g/mol. The Balaban J connectivity index is 1.99. The van der Waals surface area contributed by atoms with Crippen LogP contribution in [0.15, 0.2) is 60.7 Å². The summed E-state index contributed by atoms with van der Waals surface area (Å²) in [6.45, 7) is 0. The van der Waals surface area contributed by atoms with Gasteiger partial charge in [-0.15, -0.1) is 0 Å². The molecule has 5 N–H and O–H groups in total. The number of carboxylic acid groups (broad SMARTS) is 1. The van der Waals surface area contributed by atoms with Gasteiger partial charge in [-0.3, -0.25) is 4.79 Å². The van der Waals surface area contributed by atoms with Crippen molar-refractivity contribution in [2.45, 2.75) is 11.6 Å². The van der Waals surface area contributed by atoms with Crippen LogP contribution in [-0.4, -0.2) is 17.0 Å². The molecular weight excluding hydrogens is 461 g/mol. The first-order valence-electron chi connectivity index (χ1n) is 9.16. The highest BCUT2D eigenvalue weighted by Crippen LogP contribution is 2.51. The highest BCUT2D eigenvalue weighted by Gasteiger charge is 2.51. The molecule has 0 spiro atoms. The Kier molecular flexibility index (Phi) is 5.47. The predicted octanol–water partition coefficient (Wildman–Crippen LogP) is 5.30. The summed E-state index contributed by atoms with van der Waals surface area (Å²) in [5.74, 6) is -2.76. The number of nitrogens with two attached hydrogens (primary N) is 1. The number of rotatable bonds is 5. The molecule has 1 aliphatic heterocycles. The molecule has 0 bridgehead atoms. The normalized spacial score (nSPS) is 17.9. The van der Waals surface area contributed by atoms with Crippen LogP contribution in [0, 0.1) is 0 Å². The molecule has 158 valence electrons. The molecule has 0 fully saturated rings. The fourth-order valence-corrected chi connectivity index (χ4v) is 4.84. The van der Waals surface area contributed by atoms with E-state index >= 15 is 0 Å². The number of halogens is 3. The Morgan fingerprint density at radius 3 is 2.16 bits per heavy atom. The van der Waals surface area contributed by atoms with E-state index in [0.29, 0.717) is 37.6 Å². The number of primary amides is 1. The van der Waals surface area contributed by atoms with E-state index in [9.17, 15) is 14.7 Å². The highest BCUT2D eigenvalue weighted by atomic mass is 35.5. The molecule has 3 aromatic carbocycles. The first kappa shape index (κ1) is 21.3. The standard InChI is InChI=1S/C22H16Cl3N3O3/c23-13-4-1-3-11(9-13)18(20(26)29)22(19-14(24)5-2-6-15(19)25)27-16-8-7-12(21(30)31)10-17(16)28-22/h1-10,18,27-28H,(H2,26,29)(H,30,31). The Hall–Kier alpha value is -2.93. The van der Waals surface area contributed by atoms with Crippen LogP contribution in [0.1, 0.15) is 27.4 Å². The third-order valence-corrected chi connectivity index (χ3v) is 6.05. The largest absolute Gasteiger partial charge is 0.478 e. The number of anilines is 2. The number of hydrogen-bond acceptors (Lipinski definition) is 4. The van der Waals surface area contributed by atoms with Crippen LogP contribution >= 0.6 is 34.8 Å². The molecule has 6 nitrogen and oxygen atoms in total. The highest BCUT2D eigenvalue weighted by molar-refractivity contribution is 6.36. The fourth-order valence-electron chi connectivity index (χ4n) is 3.95. The average molecular weight is 477 g/mol. The van der Waals surface area contributed by atoms with Crippen molar-refractivity contribution in [3.8, 4) is 0 Å². The van der Waals surface area contributed by atoms with Gasteiger partial charge in [0.1, 0.15) is 5.92 Å². The van der Waals surface area contributed by atoms with E-state index in [4.69, 9.17) is 40.5 Å². The van der Waals surface area contributed by atoms with Crippen LogP contribution in [0.2, 0.25) is 15.1 Å². The maximum atomic E-state index is 12.8. The minimum absolute atomic E-state index is 0.0764. The van der Waals surface area contributed by atoms with Crippen molar-refractivity contribution in [3.05, 3.63) is 92.4 Å². The molecule has 31 heavy (non-hydrogen) atoms. The van der Waals surface area contributed by atoms with Crippen LogP contribution in [0.25, 0.3) is 0 Å². The second-order valence-corrected chi connectivity index (χ2v) is 8.36. The minimum atomic E-state index is -1.40. The molecule has 0 aliphatic carbocycles. The number of carboxylic acids is 1. The molecular formula is C22H16Cl3N3O3. The van der Waals surface area contributed by atoms with Gasteiger partial charge in [0.2, 0.25) is 5.91 Å². The minimum Gasteiger partial charge on any atom is -0.478 e. The van der Waals surface area contributed by atoms with E-state index in [1.807, 2.05) is 0 Å². The topological polar surface area (TPSA) is 104 Å². The number of amides is 1. The van der Waals surface area contributed by atoms with Crippen LogP contribution in [-0.2, 0) is 10.5 Å². The van der Waals surface area contributed by atoms with E-state index in [-0.39, 0.29) is 5.56 Å². The zero-order valence-electron chi connectivity index (χ0n) is 15.8. The Labute approximate surface area is 192 Å². The third-order valence-electron chi connectivity index (χ3n) is 5.19. The molecule has 9 heteroatoms. The van der Waals surface area contributed by atoms with Gasteiger partial charge in [-0.05, 0) is 48.0 Å². The molecule has 4 rings (SSSR count). The Morgan fingerprint density at radius 1 is 0.903 bits per heavy atom. The van der Waals surface area contributed by atoms with Gasteiger partial charge in [-0.2, -0.15) is 0 Å². The fraction of sp³-hybridized carbons (Fsp3) is 0.0909. The van der Waals surface area contributed by atoms with Gasteiger partial charge in [0.25, 0.3) is 0 Å². The SMILES string of the molecule is NC(=O)C(c1cccc(Cl)c1)C1(c2c(Cl)cccc2Cl)Nc2ccc(C(=O)O)cc2N1. The summed E-state index contributed by atoms with van der Waals surface area (Å²) >= 11 is 19.3. The Morgan fingerprint density at radius 2 is 1.55 bits per heavy atom. The lowest BCUT2D eigenvalue weighted by atomic mass is 9.80. The van der Waals surface area contributed by atoms with Crippen LogP contribution in [0.3, 0.4) is 0 Å². The second-order valence-electron chi connectivity index (χ2n) is 7.11. The van der Waals surface area contributed by atoms with Crippen molar-refractivity contribution >= 4 is 58.1 Å². The van der Waals surface area contributed by atoms with Gasteiger partial charge in [0.05, 0.1) is 16.9 Å². The lowest BCUT2D eigenvalue weighted by Crippen LogP contribution is -2.50. The van der Waals surface area contributed by atoms with Gasteiger partial charge in [-0.25, -0.2) is 4.79 Å². The molecule has 0 saturated carbocycles. The lowest BCUT2D eigenvalue weighted by Gasteiger charge is -2.39. The predicted molar refractivity (Wildman–Crippen MR) is 122 cm³/mol. The number of hydrogen-bond donors (Lipinski definition) is 4. The molecule has 0 saturated heterocycles. The van der Waals surface area contributed by atoms with Crippen molar-refractivity contribution in [2.75, 3.05) is 10.6 Å². The second kappa shape index (κ2) is 7.96. The van der Waals surface area contributed by atoms with Crippen LogP contribution in [0.5, 0.6) is 0 Å². The maximum absolute atomic E-state index is 12.8. The summed E-state index contributed by atoms with van der Waals surface area (Å²) in [6.07, 6.45) is 0. The number of aromatic carboxylic acids is 1. The molecule has 2 unspecified atom stereocenters. The van der Waals surface area contributed by atoms with Gasteiger partial charge >= 0.3 is 5.97 Å². The van der Waals surface area contributed by atoms with Crippen molar-refractivity contribution in [2.24, 2.45) is 5.73 Å². The van der Waals surface area contributed by atoms with E-state index in [2.05, 4.69) is 10.6 Å². The van der Waals surface area contributed by atoms with Gasteiger partial charge in [0.15, 0.2) is 5.66 Å². The first-order valence-corrected chi connectivity index (χ1v) is 10.3. The molecule has 0 aromatic heterocycles. The molecule has 1 amide bonds.